The van der Waals surface area contributed by atoms with E-state index in [2.05, 4.69) is 4.98 Å². The Hall–Kier alpha value is -4.43. The van der Waals surface area contributed by atoms with Gasteiger partial charge in [-0.2, -0.15) is 26.3 Å². The number of rotatable bonds is 3. The standard InChI is InChI=1S/C21H16F3N3O4.C2HF3O2/c1-20(2)18(29)27(19(30)26(20)11-12-5-7-25-8-6-12)13-3-4-14-15(21(22,23)24)10-17(28)31-16(14)9-13;3-2(4,5)1(6)7/h3-10H,11H2,1-2H3;(H,6,7). The lowest BCUT2D eigenvalue weighted by Gasteiger charge is -2.27. The fraction of sp³-hybridized carbons (Fsp3) is 0.261. The minimum Gasteiger partial charge on any atom is -0.475 e. The van der Waals surface area contributed by atoms with E-state index >= 15 is 0 Å². The van der Waals surface area contributed by atoms with Gasteiger partial charge in [0.05, 0.1) is 11.3 Å². The third kappa shape index (κ3) is 5.60. The molecule has 38 heavy (non-hydrogen) atoms. The minimum absolute atomic E-state index is 0.00952. The summed E-state index contributed by atoms with van der Waals surface area (Å²) in [6.07, 6.45) is -6.73. The monoisotopic (exact) mass is 545 g/mol. The van der Waals surface area contributed by atoms with Crippen LogP contribution < -0.4 is 10.5 Å². The minimum atomic E-state index is -5.08. The molecule has 2 aromatic heterocycles. The van der Waals surface area contributed by atoms with Crippen LogP contribution in [0.15, 0.2) is 58.0 Å². The first-order valence-electron chi connectivity index (χ1n) is 10.4. The average Bonchev–Trinajstić information content (AvgIpc) is 2.97. The van der Waals surface area contributed by atoms with Crippen LogP contribution in [0.1, 0.15) is 25.0 Å². The van der Waals surface area contributed by atoms with Crippen molar-refractivity contribution in [2.75, 3.05) is 4.90 Å². The summed E-state index contributed by atoms with van der Waals surface area (Å²) in [5.41, 5.74) is -3.15. The molecular formula is C23H17F6N3O6. The van der Waals surface area contributed by atoms with E-state index < -0.39 is 47.0 Å². The molecule has 202 valence electrons. The SMILES string of the molecule is CC1(C)C(=O)N(c2ccc3c(C(F)(F)F)cc(=O)oc3c2)C(=O)N1Cc1ccncc1.O=C(O)C(F)(F)F. The molecule has 15 heteroatoms. The van der Waals surface area contributed by atoms with Gasteiger partial charge in [0.1, 0.15) is 11.1 Å². The molecule has 1 aliphatic heterocycles. The highest BCUT2D eigenvalue weighted by Gasteiger charge is 2.52. The number of pyridine rings is 1. The van der Waals surface area contributed by atoms with Gasteiger partial charge >= 0.3 is 30.0 Å². The van der Waals surface area contributed by atoms with Crippen molar-refractivity contribution in [1.82, 2.24) is 9.88 Å². The lowest BCUT2D eigenvalue weighted by atomic mass is 10.0. The van der Waals surface area contributed by atoms with Crippen LogP contribution in [0, 0.1) is 0 Å². The van der Waals surface area contributed by atoms with Gasteiger partial charge in [-0.25, -0.2) is 19.3 Å². The summed E-state index contributed by atoms with van der Waals surface area (Å²) in [4.78, 5) is 52.8. The number of fused-ring (bicyclic) bond motifs is 1. The summed E-state index contributed by atoms with van der Waals surface area (Å²) in [6.45, 7) is 3.30. The van der Waals surface area contributed by atoms with Gasteiger partial charge in [-0.05, 0) is 43.7 Å². The fourth-order valence-corrected chi connectivity index (χ4v) is 3.52. The fourth-order valence-electron chi connectivity index (χ4n) is 3.52. The molecule has 4 rings (SSSR count). The topological polar surface area (TPSA) is 121 Å². The number of aliphatic carboxylic acids is 1. The molecule has 1 aliphatic rings. The van der Waals surface area contributed by atoms with Crippen LogP contribution in [0.25, 0.3) is 11.0 Å². The van der Waals surface area contributed by atoms with Crippen LogP contribution in [-0.4, -0.2) is 44.6 Å². The Kier molecular flexibility index (Phi) is 7.25. The Bertz CT molecular complexity index is 1450. The number of imide groups is 1. The second-order valence-corrected chi connectivity index (χ2v) is 8.38. The highest BCUT2D eigenvalue weighted by molar-refractivity contribution is 6.23. The lowest BCUT2D eigenvalue weighted by molar-refractivity contribution is -0.192. The van der Waals surface area contributed by atoms with Crippen molar-refractivity contribution in [3.8, 4) is 0 Å². The number of benzene rings is 1. The van der Waals surface area contributed by atoms with Crippen molar-refractivity contribution in [3.05, 3.63) is 70.3 Å². The van der Waals surface area contributed by atoms with Crippen LogP contribution in [-0.2, 0) is 22.3 Å². The van der Waals surface area contributed by atoms with Crippen molar-refractivity contribution in [2.24, 2.45) is 0 Å². The smallest absolute Gasteiger partial charge is 0.475 e. The highest BCUT2D eigenvalue weighted by atomic mass is 19.4. The molecule has 1 N–H and O–H groups in total. The molecule has 3 heterocycles. The lowest BCUT2D eigenvalue weighted by Crippen LogP contribution is -2.43. The third-order valence-electron chi connectivity index (χ3n) is 5.45. The molecule has 0 spiro atoms. The van der Waals surface area contributed by atoms with Gasteiger partial charge in [0.2, 0.25) is 0 Å². The Morgan fingerprint density at radius 1 is 1.00 bits per heavy atom. The maximum absolute atomic E-state index is 13.3. The van der Waals surface area contributed by atoms with Gasteiger partial charge in [-0.3, -0.25) is 9.78 Å². The number of urea groups is 1. The molecule has 1 saturated heterocycles. The second kappa shape index (κ2) is 9.79. The van der Waals surface area contributed by atoms with Gasteiger partial charge in [-0.15, -0.1) is 0 Å². The summed E-state index contributed by atoms with van der Waals surface area (Å²) < 4.78 is 76.5. The Morgan fingerprint density at radius 2 is 1.58 bits per heavy atom. The van der Waals surface area contributed by atoms with Gasteiger partial charge < -0.3 is 14.4 Å². The molecule has 0 bridgehead atoms. The van der Waals surface area contributed by atoms with Crippen LogP contribution >= 0.6 is 0 Å². The number of carbonyl (C=O) groups excluding carboxylic acids is 2. The number of aromatic nitrogens is 1. The number of anilines is 1. The van der Waals surface area contributed by atoms with E-state index in [-0.39, 0.29) is 23.2 Å². The number of amides is 3. The number of hydrogen-bond donors (Lipinski definition) is 1. The number of alkyl halides is 6. The second-order valence-electron chi connectivity index (χ2n) is 8.38. The Labute approximate surface area is 208 Å². The van der Waals surface area contributed by atoms with Crippen LogP contribution in [0.3, 0.4) is 0 Å². The predicted molar refractivity (Wildman–Crippen MR) is 118 cm³/mol. The normalized spacial score (nSPS) is 15.5. The number of carboxylic acid groups (broad SMARTS) is 1. The van der Waals surface area contributed by atoms with Crippen molar-refractivity contribution in [2.45, 2.75) is 38.3 Å². The average molecular weight is 545 g/mol. The number of nitrogens with zero attached hydrogens (tertiary/aromatic N) is 3. The maximum atomic E-state index is 13.3. The van der Waals surface area contributed by atoms with Crippen LogP contribution in [0.5, 0.6) is 0 Å². The first-order valence-corrected chi connectivity index (χ1v) is 10.4. The van der Waals surface area contributed by atoms with Crippen molar-refractivity contribution < 1.29 is 50.2 Å². The summed E-state index contributed by atoms with van der Waals surface area (Å²) in [6, 6.07) is 6.54. The first-order chi connectivity index (χ1) is 17.4. The zero-order valence-electron chi connectivity index (χ0n) is 19.4. The van der Waals surface area contributed by atoms with E-state index in [1.807, 2.05) is 0 Å². The van der Waals surface area contributed by atoms with Crippen molar-refractivity contribution >= 4 is 34.6 Å². The Morgan fingerprint density at radius 3 is 2.11 bits per heavy atom. The van der Waals surface area contributed by atoms with Gasteiger partial charge in [0.15, 0.2) is 0 Å². The quantitative estimate of drug-likeness (QED) is 0.290. The number of hydrogen-bond acceptors (Lipinski definition) is 6. The zero-order chi connectivity index (χ0) is 28.6. The molecule has 0 aliphatic carbocycles. The zero-order valence-corrected chi connectivity index (χ0v) is 19.4. The molecule has 0 atom stereocenters. The van der Waals surface area contributed by atoms with E-state index in [1.54, 1.807) is 38.4 Å². The Balaban J connectivity index is 0.000000505. The molecule has 1 aromatic carbocycles. The molecular weight excluding hydrogens is 528 g/mol. The summed E-state index contributed by atoms with van der Waals surface area (Å²) >= 11 is 0. The van der Waals surface area contributed by atoms with Gasteiger partial charge in [-0.1, -0.05) is 0 Å². The number of carbonyl (C=O) groups is 3. The summed E-state index contributed by atoms with van der Waals surface area (Å²) in [5.74, 6) is -3.31. The molecule has 3 amide bonds. The summed E-state index contributed by atoms with van der Waals surface area (Å²) in [5, 5.41) is 6.78. The number of carboxylic acids is 1. The molecule has 0 saturated carbocycles. The highest BCUT2D eigenvalue weighted by Crippen LogP contribution is 2.37. The van der Waals surface area contributed by atoms with Crippen molar-refractivity contribution in [1.29, 1.82) is 0 Å². The van der Waals surface area contributed by atoms with Gasteiger partial charge in [0, 0.05) is 36.5 Å². The van der Waals surface area contributed by atoms with E-state index in [0.717, 1.165) is 22.6 Å². The van der Waals surface area contributed by atoms with Crippen LogP contribution in [0.4, 0.5) is 36.8 Å². The van der Waals surface area contributed by atoms with Gasteiger partial charge in [0.25, 0.3) is 5.91 Å². The first kappa shape index (κ1) is 28.1. The van der Waals surface area contributed by atoms with E-state index in [1.165, 1.54) is 11.0 Å². The van der Waals surface area contributed by atoms with E-state index in [0.29, 0.717) is 6.07 Å². The largest absolute Gasteiger partial charge is 0.490 e. The number of halogens is 6. The molecule has 1 fully saturated rings. The molecule has 3 aromatic rings. The van der Waals surface area contributed by atoms with E-state index in [4.69, 9.17) is 14.3 Å². The van der Waals surface area contributed by atoms with Crippen molar-refractivity contribution in [3.63, 3.8) is 0 Å². The predicted octanol–water partition coefficient (Wildman–Crippen LogP) is 4.59. The molecule has 0 unspecified atom stereocenters. The molecule has 0 radical (unpaired) electrons. The molecule has 9 nitrogen and oxygen atoms in total. The van der Waals surface area contributed by atoms with Crippen LogP contribution in [0.2, 0.25) is 0 Å². The van der Waals surface area contributed by atoms with E-state index in [9.17, 15) is 40.7 Å². The summed E-state index contributed by atoms with van der Waals surface area (Å²) in [7, 11) is 0. The maximum Gasteiger partial charge on any atom is 0.490 e. The third-order valence-corrected chi connectivity index (χ3v) is 5.45.